The number of hydrogen-bond donors (Lipinski definition) is 3. The zero-order valence-electron chi connectivity index (χ0n) is 13.5. The topological polar surface area (TPSA) is 56.9 Å². The average Bonchev–Trinajstić information content (AvgIpc) is 2.99. The van der Waals surface area contributed by atoms with Crippen LogP contribution in [0.5, 0.6) is 0 Å². The quantitative estimate of drug-likeness (QED) is 0.571. The largest absolute Gasteiger partial charge is 0.417 e. The maximum atomic E-state index is 12.8. The molecule has 1 heterocycles. The number of rotatable bonds is 4. The Kier molecular flexibility index (Phi) is 5.08. The van der Waals surface area contributed by atoms with Gasteiger partial charge in [0.25, 0.3) is 0 Å². The Morgan fingerprint density at radius 2 is 1.92 bits per heavy atom. The van der Waals surface area contributed by atoms with Crippen LogP contribution in [0, 0.1) is 0 Å². The number of halogens is 4. The van der Waals surface area contributed by atoms with E-state index in [9.17, 15) is 18.0 Å². The molecule has 2 amide bonds. The van der Waals surface area contributed by atoms with Gasteiger partial charge in [0.2, 0.25) is 0 Å². The first-order valence-electron chi connectivity index (χ1n) is 7.81. The lowest BCUT2D eigenvalue weighted by molar-refractivity contribution is -0.137. The van der Waals surface area contributed by atoms with E-state index in [1.54, 1.807) is 0 Å². The smallest absolute Gasteiger partial charge is 0.361 e. The fourth-order valence-electron chi connectivity index (χ4n) is 2.64. The molecule has 0 saturated heterocycles. The Bertz CT molecular complexity index is 937. The average molecular weight is 382 g/mol. The number of nitrogens with one attached hydrogen (secondary N) is 3. The summed E-state index contributed by atoms with van der Waals surface area (Å²) in [5.41, 5.74) is 1.08. The molecular weight excluding hydrogens is 367 g/mol. The van der Waals surface area contributed by atoms with Crippen molar-refractivity contribution in [2.24, 2.45) is 0 Å². The van der Waals surface area contributed by atoms with Crippen LogP contribution in [-0.2, 0) is 12.6 Å². The van der Waals surface area contributed by atoms with Crippen molar-refractivity contribution in [2.75, 3.05) is 11.9 Å². The van der Waals surface area contributed by atoms with Gasteiger partial charge in [-0.25, -0.2) is 4.79 Å². The van der Waals surface area contributed by atoms with Gasteiger partial charge in [-0.05, 0) is 36.2 Å². The maximum absolute atomic E-state index is 12.8. The van der Waals surface area contributed by atoms with Gasteiger partial charge in [-0.15, -0.1) is 0 Å². The molecule has 0 fully saturated rings. The van der Waals surface area contributed by atoms with Crippen LogP contribution >= 0.6 is 11.6 Å². The van der Waals surface area contributed by atoms with Gasteiger partial charge in [-0.1, -0.05) is 29.8 Å². The van der Waals surface area contributed by atoms with Gasteiger partial charge in [0.05, 0.1) is 10.6 Å². The highest BCUT2D eigenvalue weighted by atomic mass is 35.5. The molecule has 3 rings (SSSR count). The minimum absolute atomic E-state index is 0.0197. The SMILES string of the molecule is O=C(NCCc1c[nH]c2ccccc12)Nc1ccc(Cl)c(C(F)(F)F)c1. The van der Waals surface area contributed by atoms with Gasteiger partial charge >= 0.3 is 12.2 Å². The van der Waals surface area contributed by atoms with Gasteiger partial charge in [-0.2, -0.15) is 13.2 Å². The lowest BCUT2D eigenvalue weighted by Crippen LogP contribution is -2.30. The molecule has 136 valence electrons. The molecule has 4 nitrogen and oxygen atoms in total. The molecule has 2 aromatic carbocycles. The summed E-state index contributed by atoms with van der Waals surface area (Å²) in [7, 11) is 0. The summed E-state index contributed by atoms with van der Waals surface area (Å²) in [5.74, 6) is 0. The summed E-state index contributed by atoms with van der Waals surface area (Å²) in [5, 5.41) is 5.67. The van der Waals surface area contributed by atoms with Crippen LogP contribution in [0.3, 0.4) is 0 Å². The molecule has 0 unspecified atom stereocenters. The summed E-state index contributed by atoms with van der Waals surface area (Å²) in [4.78, 5) is 15.1. The molecule has 8 heteroatoms. The first-order chi connectivity index (χ1) is 12.3. The van der Waals surface area contributed by atoms with Gasteiger partial charge in [0.15, 0.2) is 0 Å². The van der Waals surface area contributed by atoms with Crippen molar-refractivity contribution in [3.05, 3.63) is 64.8 Å². The second kappa shape index (κ2) is 7.29. The third-order valence-corrected chi connectivity index (χ3v) is 4.21. The first kappa shape index (κ1) is 18.1. The highest BCUT2D eigenvalue weighted by Crippen LogP contribution is 2.36. The van der Waals surface area contributed by atoms with Crippen molar-refractivity contribution in [1.29, 1.82) is 0 Å². The molecule has 0 spiro atoms. The highest BCUT2D eigenvalue weighted by molar-refractivity contribution is 6.31. The van der Waals surface area contributed by atoms with E-state index in [2.05, 4.69) is 15.6 Å². The lowest BCUT2D eigenvalue weighted by Gasteiger charge is -2.12. The van der Waals surface area contributed by atoms with Crippen LogP contribution in [0.1, 0.15) is 11.1 Å². The number of carbonyl (C=O) groups excluding carboxylic acids is 1. The van der Waals surface area contributed by atoms with Crippen LogP contribution in [0.2, 0.25) is 5.02 Å². The predicted molar refractivity (Wildman–Crippen MR) is 95.5 cm³/mol. The summed E-state index contributed by atoms with van der Waals surface area (Å²) in [6, 6.07) is 10.4. The molecule has 3 aromatic rings. The molecule has 1 aromatic heterocycles. The van der Waals surface area contributed by atoms with E-state index in [0.29, 0.717) is 13.0 Å². The van der Waals surface area contributed by atoms with Crippen molar-refractivity contribution in [3.63, 3.8) is 0 Å². The van der Waals surface area contributed by atoms with E-state index in [1.165, 1.54) is 6.07 Å². The minimum Gasteiger partial charge on any atom is -0.361 e. The van der Waals surface area contributed by atoms with Gasteiger partial charge in [0, 0.05) is 29.3 Å². The van der Waals surface area contributed by atoms with Crippen molar-refractivity contribution in [2.45, 2.75) is 12.6 Å². The van der Waals surface area contributed by atoms with E-state index < -0.39 is 22.8 Å². The molecule has 0 bridgehead atoms. The molecule has 0 radical (unpaired) electrons. The number of H-pyrrole nitrogens is 1. The number of anilines is 1. The Labute approximate surface area is 152 Å². The van der Waals surface area contributed by atoms with Crippen molar-refractivity contribution in [1.82, 2.24) is 10.3 Å². The second-order valence-corrected chi connectivity index (χ2v) is 6.09. The molecule has 0 atom stereocenters. The van der Waals surface area contributed by atoms with Crippen LogP contribution in [0.15, 0.2) is 48.7 Å². The molecule has 0 aliphatic heterocycles. The Hall–Kier alpha value is -2.67. The number of aromatic nitrogens is 1. The van der Waals surface area contributed by atoms with Crippen LogP contribution in [0.4, 0.5) is 23.7 Å². The van der Waals surface area contributed by atoms with Crippen molar-refractivity contribution in [3.8, 4) is 0 Å². The fourth-order valence-corrected chi connectivity index (χ4v) is 2.87. The monoisotopic (exact) mass is 381 g/mol. The number of hydrogen-bond acceptors (Lipinski definition) is 1. The first-order valence-corrected chi connectivity index (χ1v) is 8.19. The van der Waals surface area contributed by atoms with E-state index in [4.69, 9.17) is 11.6 Å². The number of amides is 2. The second-order valence-electron chi connectivity index (χ2n) is 5.68. The summed E-state index contributed by atoms with van der Waals surface area (Å²) >= 11 is 5.55. The predicted octanol–water partition coefficient (Wildman–Crippen LogP) is 5.20. The Balaban J connectivity index is 1.58. The van der Waals surface area contributed by atoms with E-state index in [0.717, 1.165) is 28.6 Å². The third-order valence-electron chi connectivity index (χ3n) is 3.88. The number of para-hydroxylation sites is 1. The maximum Gasteiger partial charge on any atom is 0.417 e. The molecule has 26 heavy (non-hydrogen) atoms. The lowest BCUT2D eigenvalue weighted by atomic mass is 10.1. The zero-order chi connectivity index (χ0) is 18.7. The highest BCUT2D eigenvalue weighted by Gasteiger charge is 2.33. The summed E-state index contributed by atoms with van der Waals surface area (Å²) < 4.78 is 38.5. The number of benzene rings is 2. The number of carbonyl (C=O) groups is 1. The van der Waals surface area contributed by atoms with Gasteiger partial charge in [0.1, 0.15) is 0 Å². The molecule has 0 aliphatic carbocycles. The molecule has 0 aliphatic rings. The van der Waals surface area contributed by atoms with Crippen LogP contribution in [-0.4, -0.2) is 17.6 Å². The third kappa shape index (κ3) is 4.11. The van der Waals surface area contributed by atoms with Gasteiger partial charge < -0.3 is 15.6 Å². The Morgan fingerprint density at radius 1 is 1.15 bits per heavy atom. The van der Waals surface area contributed by atoms with Crippen LogP contribution < -0.4 is 10.6 Å². The molecule has 3 N–H and O–H groups in total. The van der Waals surface area contributed by atoms with Crippen molar-refractivity contribution < 1.29 is 18.0 Å². The normalized spacial score (nSPS) is 11.5. The Morgan fingerprint density at radius 3 is 2.69 bits per heavy atom. The minimum atomic E-state index is -4.58. The molecular formula is C18H15ClF3N3O. The van der Waals surface area contributed by atoms with Crippen LogP contribution in [0.25, 0.3) is 10.9 Å². The number of fused-ring (bicyclic) bond motifs is 1. The van der Waals surface area contributed by atoms with E-state index in [1.807, 2.05) is 30.5 Å². The number of aromatic amines is 1. The van der Waals surface area contributed by atoms with Crippen molar-refractivity contribution >= 4 is 34.2 Å². The number of urea groups is 1. The van der Waals surface area contributed by atoms with Gasteiger partial charge in [-0.3, -0.25) is 0 Å². The fraction of sp³-hybridized carbons (Fsp3) is 0.167. The summed E-state index contributed by atoms with van der Waals surface area (Å²) in [6.45, 7) is 0.341. The molecule has 0 saturated carbocycles. The summed E-state index contributed by atoms with van der Waals surface area (Å²) in [6.07, 6.45) is -2.12. The van der Waals surface area contributed by atoms with E-state index >= 15 is 0 Å². The standard InChI is InChI=1S/C18H15ClF3N3O/c19-15-6-5-12(9-14(15)18(20,21)22)25-17(26)23-8-7-11-10-24-16-4-2-1-3-13(11)16/h1-6,9-10,24H,7-8H2,(H2,23,25,26). The van der Waals surface area contributed by atoms with E-state index in [-0.39, 0.29) is 5.69 Å². The zero-order valence-corrected chi connectivity index (χ0v) is 14.2. The number of alkyl halides is 3.